The summed E-state index contributed by atoms with van der Waals surface area (Å²) in [7, 11) is -2.46. The zero-order chi connectivity index (χ0) is 18.9. The Balaban J connectivity index is 0.00000261. The summed E-state index contributed by atoms with van der Waals surface area (Å²) in [4.78, 5) is 14.8. The molecule has 0 aliphatic carbocycles. The molecule has 2 N–H and O–H groups in total. The molecule has 1 aliphatic rings. The molecule has 1 amide bonds. The molecule has 1 atom stereocenters. The first-order valence-corrected chi connectivity index (χ1v) is 10.0. The number of nitrogens with one attached hydrogen (secondary N) is 2. The Labute approximate surface area is 169 Å². The number of furan rings is 1. The molecule has 0 saturated carbocycles. The number of rotatable bonds is 4. The molecular weight excluding hydrogens is 413 g/mol. The van der Waals surface area contributed by atoms with Crippen LogP contribution in [0.2, 0.25) is 5.02 Å². The highest BCUT2D eigenvalue weighted by atomic mass is 35.5. The van der Waals surface area contributed by atoms with Crippen molar-refractivity contribution in [3.63, 3.8) is 0 Å². The monoisotopic (exact) mass is 433 g/mol. The molecule has 2 aromatic rings. The van der Waals surface area contributed by atoms with Crippen molar-refractivity contribution in [2.75, 3.05) is 26.7 Å². The number of hydrogen-bond acceptors (Lipinski definition) is 5. The molecule has 1 aromatic heterocycles. The fraction of sp³-hybridized carbons (Fsp3) is 0.353. The van der Waals surface area contributed by atoms with E-state index in [2.05, 4.69) is 10.0 Å². The Kier molecular flexibility index (Phi) is 6.93. The van der Waals surface area contributed by atoms with Crippen LogP contribution in [0, 0.1) is 6.92 Å². The smallest absolute Gasteiger partial charge is 0.273 e. The summed E-state index contributed by atoms with van der Waals surface area (Å²) in [6, 6.07) is 8.45. The van der Waals surface area contributed by atoms with Gasteiger partial charge in [0, 0.05) is 30.7 Å². The molecular formula is C17H21Cl2N3O4S. The predicted octanol–water partition coefficient (Wildman–Crippen LogP) is 2.36. The minimum atomic E-state index is -3.75. The van der Waals surface area contributed by atoms with Gasteiger partial charge in [0.15, 0.2) is 0 Å². The van der Waals surface area contributed by atoms with E-state index in [1.54, 1.807) is 17.9 Å². The summed E-state index contributed by atoms with van der Waals surface area (Å²) >= 11 is 6.09. The molecule has 1 aliphatic heterocycles. The normalized spacial score (nSPS) is 17.4. The van der Waals surface area contributed by atoms with Crippen LogP contribution < -0.4 is 10.0 Å². The van der Waals surface area contributed by atoms with Gasteiger partial charge in [0.05, 0.1) is 11.6 Å². The summed E-state index contributed by atoms with van der Waals surface area (Å²) in [6.07, 6.45) is 0. The maximum absolute atomic E-state index is 13.1. The summed E-state index contributed by atoms with van der Waals surface area (Å²) in [5.74, 6) is 0.00230. The van der Waals surface area contributed by atoms with Crippen LogP contribution in [0.3, 0.4) is 0 Å². The van der Waals surface area contributed by atoms with Gasteiger partial charge in [-0.25, -0.2) is 13.1 Å². The van der Waals surface area contributed by atoms with E-state index in [1.165, 1.54) is 13.1 Å². The van der Waals surface area contributed by atoms with Gasteiger partial charge in [-0.05, 0) is 31.7 Å². The first kappa shape index (κ1) is 21.7. The van der Waals surface area contributed by atoms with Crippen LogP contribution >= 0.6 is 24.0 Å². The van der Waals surface area contributed by atoms with Crippen molar-refractivity contribution in [2.45, 2.75) is 18.1 Å². The van der Waals surface area contributed by atoms with Crippen LogP contribution in [-0.2, 0) is 10.0 Å². The number of carbonyl (C=O) groups is 1. The molecule has 1 fully saturated rings. The highest BCUT2D eigenvalue weighted by Crippen LogP contribution is 2.28. The van der Waals surface area contributed by atoms with E-state index in [-0.39, 0.29) is 40.8 Å². The van der Waals surface area contributed by atoms with Gasteiger partial charge in [-0.3, -0.25) is 4.79 Å². The third kappa shape index (κ3) is 4.47. The molecule has 0 radical (unpaired) electrons. The molecule has 10 heteroatoms. The fourth-order valence-electron chi connectivity index (χ4n) is 3.01. The van der Waals surface area contributed by atoms with Crippen LogP contribution in [-0.4, -0.2) is 45.9 Å². The van der Waals surface area contributed by atoms with E-state index in [0.29, 0.717) is 24.7 Å². The SMILES string of the molecule is CNS(=O)(=O)c1cc(C(=O)N2CCNCC2c2cccc(Cl)c2)c(C)o1.Cl. The van der Waals surface area contributed by atoms with Gasteiger partial charge >= 0.3 is 0 Å². The topological polar surface area (TPSA) is 91.7 Å². The molecule has 2 heterocycles. The molecule has 1 aromatic carbocycles. The predicted molar refractivity (Wildman–Crippen MR) is 105 cm³/mol. The van der Waals surface area contributed by atoms with Gasteiger partial charge in [0.25, 0.3) is 15.9 Å². The van der Waals surface area contributed by atoms with Crippen LogP contribution in [0.5, 0.6) is 0 Å². The minimum absolute atomic E-state index is 0. The number of piperazine rings is 1. The zero-order valence-corrected chi connectivity index (χ0v) is 17.2. The summed E-state index contributed by atoms with van der Waals surface area (Å²) in [6.45, 7) is 3.32. The lowest BCUT2D eigenvalue weighted by atomic mass is 10.0. The standard InChI is InChI=1S/C17H20ClN3O4S.ClH/c1-11-14(9-16(25-11)26(23,24)19-2)17(22)21-7-6-20-10-15(21)12-4-3-5-13(18)8-12;/h3-5,8-9,15,19-20H,6-7,10H2,1-2H3;1H. The summed E-state index contributed by atoms with van der Waals surface area (Å²) < 4.78 is 31.4. The number of hydrogen-bond donors (Lipinski definition) is 2. The molecule has 148 valence electrons. The van der Waals surface area contributed by atoms with Gasteiger partial charge in [-0.1, -0.05) is 23.7 Å². The van der Waals surface area contributed by atoms with Gasteiger partial charge in [0.1, 0.15) is 5.76 Å². The fourth-order valence-corrected chi connectivity index (χ4v) is 3.92. The first-order chi connectivity index (χ1) is 12.3. The minimum Gasteiger partial charge on any atom is -0.448 e. The van der Waals surface area contributed by atoms with Gasteiger partial charge in [-0.2, -0.15) is 0 Å². The van der Waals surface area contributed by atoms with Gasteiger partial charge in [0.2, 0.25) is 5.09 Å². The second kappa shape index (κ2) is 8.62. The largest absolute Gasteiger partial charge is 0.448 e. The first-order valence-electron chi connectivity index (χ1n) is 8.14. The number of amides is 1. The van der Waals surface area contributed by atoms with E-state index in [1.807, 2.05) is 18.2 Å². The second-order valence-corrected chi connectivity index (χ2v) is 8.27. The maximum atomic E-state index is 13.1. The number of sulfonamides is 1. The number of halogens is 2. The van der Waals surface area contributed by atoms with Crippen molar-refractivity contribution in [2.24, 2.45) is 0 Å². The number of nitrogens with zero attached hydrogens (tertiary/aromatic N) is 1. The van der Waals surface area contributed by atoms with E-state index < -0.39 is 10.0 Å². The lowest BCUT2D eigenvalue weighted by Gasteiger charge is -2.36. The van der Waals surface area contributed by atoms with E-state index >= 15 is 0 Å². The zero-order valence-electron chi connectivity index (χ0n) is 14.9. The summed E-state index contributed by atoms with van der Waals surface area (Å²) in [5, 5.41) is 3.61. The van der Waals surface area contributed by atoms with Crippen LogP contribution in [0.1, 0.15) is 27.7 Å². The molecule has 27 heavy (non-hydrogen) atoms. The number of aryl methyl sites for hydroxylation is 1. The Morgan fingerprint density at radius 1 is 1.37 bits per heavy atom. The third-order valence-electron chi connectivity index (χ3n) is 4.40. The van der Waals surface area contributed by atoms with Crippen LogP contribution in [0.4, 0.5) is 0 Å². The van der Waals surface area contributed by atoms with Crippen molar-refractivity contribution in [3.05, 3.63) is 52.2 Å². The second-order valence-electron chi connectivity index (χ2n) is 6.02. The van der Waals surface area contributed by atoms with Gasteiger partial charge < -0.3 is 14.6 Å². The molecule has 1 unspecified atom stereocenters. The molecule has 7 nitrogen and oxygen atoms in total. The Morgan fingerprint density at radius 2 is 2.11 bits per heavy atom. The van der Waals surface area contributed by atoms with Crippen LogP contribution in [0.25, 0.3) is 0 Å². The maximum Gasteiger partial charge on any atom is 0.273 e. The number of benzene rings is 1. The van der Waals surface area contributed by atoms with E-state index in [0.717, 1.165) is 5.56 Å². The highest BCUT2D eigenvalue weighted by Gasteiger charge is 2.32. The molecule has 0 bridgehead atoms. The van der Waals surface area contributed by atoms with Crippen molar-refractivity contribution < 1.29 is 17.6 Å². The van der Waals surface area contributed by atoms with Crippen molar-refractivity contribution in [3.8, 4) is 0 Å². The van der Waals surface area contributed by atoms with Crippen molar-refractivity contribution in [1.29, 1.82) is 0 Å². The molecule has 1 saturated heterocycles. The lowest BCUT2D eigenvalue weighted by Crippen LogP contribution is -2.48. The van der Waals surface area contributed by atoms with E-state index in [4.69, 9.17) is 16.0 Å². The Morgan fingerprint density at radius 3 is 2.78 bits per heavy atom. The molecule has 3 rings (SSSR count). The number of carbonyl (C=O) groups excluding carboxylic acids is 1. The molecule has 0 spiro atoms. The Hall–Kier alpha value is -1.58. The average Bonchev–Trinajstić information content (AvgIpc) is 3.04. The summed E-state index contributed by atoms with van der Waals surface area (Å²) in [5.41, 5.74) is 1.16. The third-order valence-corrected chi connectivity index (χ3v) is 5.90. The van der Waals surface area contributed by atoms with Gasteiger partial charge in [-0.15, -0.1) is 12.4 Å². The van der Waals surface area contributed by atoms with E-state index in [9.17, 15) is 13.2 Å². The quantitative estimate of drug-likeness (QED) is 0.771. The average molecular weight is 434 g/mol. The highest BCUT2D eigenvalue weighted by molar-refractivity contribution is 7.89. The Bertz CT molecular complexity index is 930. The lowest BCUT2D eigenvalue weighted by molar-refractivity contribution is 0.0632. The van der Waals surface area contributed by atoms with Crippen molar-refractivity contribution >= 4 is 39.9 Å². The van der Waals surface area contributed by atoms with Crippen molar-refractivity contribution in [1.82, 2.24) is 14.9 Å². The van der Waals surface area contributed by atoms with Crippen LogP contribution in [0.15, 0.2) is 39.8 Å².